The first-order chi connectivity index (χ1) is 13.5. The van der Waals surface area contributed by atoms with Crippen LogP contribution >= 0.6 is 0 Å². The molecule has 0 bridgehead atoms. The minimum Gasteiger partial charge on any atom is -0.493 e. The third kappa shape index (κ3) is 3.75. The molecule has 7 nitrogen and oxygen atoms in total. The first kappa shape index (κ1) is 19.6. The number of hydrogen-bond donors (Lipinski definition) is 2. The maximum atomic E-state index is 12.7. The smallest absolute Gasteiger partial charge is 0.254 e. The number of amides is 2. The van der Waals surface area contributed by atoms with Crippen molar-refractivity contribution in [2.24, 2.45) is 0 Å². The lowest BCUT2D eigenvalue weighted by Gasteiger charge is -2.25. The molecule has 28 heavy (non-hydrogen) atoms. The molecular formula is C21H22N2O5. The Morgan fingerprint density at radius 1 is 1.14 bits per heavy atom. The zero-order chi connectivity index (χ0) is 20.3. The number of ether oxygens (including phenoxy) is 1. The lowest BCUT2D eigenvalue weighted by molar-refractivity contribution is -0.135. The molecule has 1 atom stereocenters. The van der Waals surface area contributed by atoms with Gasteiger partial charge in [-0.1, -0.05) is 24.3 Å². The van der Waals surface area contributed by atoms with Crippen molar-refractivity contribution in [3.63, 3.8) is 0 Å². The van der Waals surface area contributed by atoms with Crippen molar-refractivity contribution >= 4 is 17.6 Å². The predicted octanol–water partition coefficient (Wildman–Crippen LogP) is 1.04. The van der Waals surface area contributed by atoms with Crippen molar-refractivity contribution in [2.45, 2.75) is 12.5 Å². The van der Waals surface area contributed by atoms with E-state index in [9.17, 15) is 14.4 Å². The molecule has 3 rings (SSSR count). The molecule has 0 aliphatic carbocycles. The first-order valence-corrected chi connectivity index (χ1v) is 8.94. The monoisotopic (exact) mass is 382 g/mol. The van der Waals surface area contributed by atoms with E-state index in [1.807, 2.05) is 18.2 Å². The Bertz CT molecular complexity index is 892. The van der Waals surface area contributed by atoms with Gasteiger partial charge in [0.1, 0.15) is 12.4 Å². The van der Waals surface area contributed by atoms with Gasteiger partial charge in [0.25, 0.3) is 5.91 Å². The predicted molar refractivity (Wildman–Crippen MR) is 103 cm³/mol. The molecule has 2 amide bonds. The highest BCUT2D eigenvalue weighted by atomic mass is 16.5. The van der Waals surface area contributed by atoms with Gasteiger partial charge in [0.05, 0.1) is 6.61 Å². The van der Waals surface area contributed by atoms with E-state index in [0.717, 1.165) is 28.2 Å². The van der Waals surface area contributed by atoms with Crippen molar-refractivity contribution < 1.29 is 24.2 Å². The highest BCUT2D eigenvalue weighted by molar-refractivity contribution is 6.10. The van der Waals surface area contributed by atoms with Crippen LogP contribution in [0, 0.1) is 0 Å². The van der Waals surface area contributed by atoms with Gasteiger partial charge in [-0.05, 0) is 34.9 Å². The topological polar surface area (TPSA) is 95.9 Å². The Hall–Kier alpha value is -3.19. The van der Waals surface area contributed by atoms with E-state index in [4.69, 9.17) is 9.84 Å². The van der Waals surface area contributed by atoms with Gasteiger partial charge in [-0.2, -0.15) is 0 Å². The van der Waals surface area contributed by atoms with Gasteiger partial charge in [0.15, 0.2) is 11.8 Å². The molecule has 1 aliphatic heterocycles. The second-order valence-electron chi connectivity index (χ2n) is 6.56. The second kappa shape index (κ2) is 8.22. The minimum atomic E-state index is -1.38. The minimum absolute atomic E-state index is 0.336. The number of nitrogens with one attached hydrogen (secondary N) is 1. The van der Waals surface area contributed by atoms with Crippen LogP contribution < -0.4 is 10.1 Å². The number of carbonyl (C=O) groups is 3. The average molecular weight is 382 g/mol. The van der Waals surface area contributed by atoms with Crippen LogP contribution in [-0.2, 0) is 16.0 Å². The third-order valence-electron chi connectivity index (χ3n) is 4.82. The van der Waals surface area contributed by atoms with Crippen molar-refractivity contribution in [2.75, 3.05) is 27.3 Å². The fourth-order valence-electron chi connectivity index (χ4n) is 3.23. The standard InChI is InChI=1S/C21H22N2O5/c1-22-20(26)19(17(25)12-24)23(2)21(27)15-6-3-13(4-7-15)16-8-5-14-9-10-28-18(14)11-16/h3-8,11,19,24H,9-10,12H2,1-2H3,(H,22,26). The van der Waals surface area contributed by atoms with Crippen LogP contribution in [0.4, 0.5) is 0 Å². The molecule has 0 spiro atoms. The number of fused-ring (bicyclic) bond motifs is 1. The number of hydrogen-bond acceptors (Lipinski definition) is 5. The Kier molecular flexibility index (Phi) is 5.75. The molecule has 0 radical (unpaired) electrons. The molecule has 0 saturated heterocycles. The Labute approximate surface area is 162 Å². The summed E-state index contributed by atoms with van der Waals surface area (Å²) in [4.78, 5) is 37.6. The SMILES string of the molecule is CNC(=O)C(C(=O)CO)N(C)C(=O)c1ccc(-c2ccc3c(c2)OCC3)cc1. The Morgan fingerprint density at radius 3 is 2.46 bits per heavy atom. The van der Waals surface area contributed by atoms with Gasteiger partial charge >= 0.3 is 0 Å². The normalized spacial score (nSPS) is 13.2. The molecule has 1 heterocycles. The number of carbonyl (C=O) groups excluding carboxylic acids is 3. The Morgan fingerprint density at radius 2 is 1.82 bits per heavy atom. The van der Waals surface area contributed by atoms with Crippen LogP contribution in [0.5, 0.6) is 5.75 Å². The molecule has 1 aliphatic rings. The van der Waals surface area contributed by atoms with E-state index < -0.39 is 30.2 Å². The van der Waals surface area contributed by atoms with E-state index in [2.05, 4.69) is 5.32 Å². The summed E-state index contributed by atoms with van der Waals surface area (Å²) in [6.45, 7) is -0.132. The molecule has 0 aromatic heterocycles. The van der Waals surface area contributed by atoms with Gasteiger partial charge in [-0.25, -0.2) is 0 Å². The lowest BCUT2D eigenvalue weighted by atomic mass is 10.0. The summed E-state index contributed by atoms with van der Waals surface area (Å²) < 4.78 is 5.60. The maximum Gasteiger partial charge on any atom is 0.254 e. The number of aliphatic hydroxyl groups is 1. The van der Waals surface area contributed by atoms with E-state index in [1.54, 1.807) is 24.3 Å². The highest BCUT2D eigenvalue weighted by Gasteiger charge is 2.32. The molecule has 2 aromatic rings. The van der Waals surface area contributed by atoms with Crippen LogP contribution in [0.3, 0.4) is 0 Å². The summed E-state index contributed by atoms with van der Waals surface area (Å²) in [5, 5.41) is 11.4. The van der Waals surface area contributed by atoms with Crippen LogP contribution in [0.25, 0.3) is 11.1 Å². The summed E-state index contributed by atoms with van der Waals surface area (Å²) in [6.07, 6.45) is 0.911. The van der Waals surface area contributed by atoms with E-state index in [-0.39, 0.29) is 0 Å². The highest BCUT2D eigenvalue weighted by Crippen LogP contribution is 2.31. The summed E-state index contributed by atoms with van der Waals surface area (Å²) >= 11 is 0. The van der Waals surface area contributed by atoms with Crippen molar-refractivity contribution in [1.82, 2.24) is 10.2 Å². The van der Waals surface area contributed by atoms with Crippen LogP contribution in [0.15, 0.2) is 42.5 Å². The van der Waals surface area contributed by atoms with Crippen molar-refractivity contribution in [3.8, 4) is 16.9 Å². The summed E-state index contributed by atoms with van der Waals surface area (Å²) in [5.41, 5.74) is 3.42. The summed E-state index contributed by atoms with van der Waals surface area (Å²) in [7, 11) is 2.73. The van der Waals surface area contributed by atoms with E-state index in [0.29, 0.717) is 12.2 Å². The molecule has 7 heteroatoms. The zero-order valence-corrected chi connectivity index (χ0v) is 15.8. The molecule has 2 aromatic carbocycles. The fourth-order valence-corrected chi connectivity index (χ4v) is 3.23. The van der Waals surface area contributed by atoms with E-state index in [1.165, 1.54) is 19.7 Å². The number of ketones is 1. The molecular weight excluding hydrogens is 360 g/mol. The van der Waals surface area contributed by atoms with Gasteiger partial charge < -0.3 is 20.1 Å². The van der Waals surface area contributed by atoms with Crippen molar-refractivity contribution in [1.29, 1.82) is 0 Å². The van der Waals surface area contributed by atoms with Gasteiger partial charge in [-0.15, -0.1) is 0 Å². The van der Waals surface area contributed by atoms with Crippen LogP contribution in [0.2, 0.25) is 0 Å². The summed E-state index contributed by atoms with van der Waals surface area (Å²) in [5.74, 6) is -0.998. The molecule has 2 N–H and O–H groups in total. The molecule has 0 saturated carbocycles. The largest absolute Gasteiger partial charge is 0.493 e. The van der Waals surface area contributed by atoms with Crippen LogP contribution in [-0.4, -0.2) is 61.0 Å². The molecule has 1 unspecified atom stereocenters. The van der Waals surface area contributed by atoms with Crippen LogP contribution in [0.1, 0.15) is 15.9 Å². The number of rotatable bonds is 6. The average Bonchev–Trinajstić information content (AvgIpc) is 3.20. The molecule has 0 fully saturated rings. The molecule has 146 valence electrons. The van der Waals surface area contributed by atoms with Gasteiger partial charge in [-0.3, -0.25) is 14.4 Å². The number of nitrogens with zero attached hydrogens (tertiary/aromatic N) is 1. The number of benzene rings is 2. The fraction of sp³-hybridized carbons (Fsp3) is 0.286. The van der Waals surface area contributed by atoms with Gasteiger partial charge in [0, 0.05) is 26.1 Å². The third-order valence-corrected chi connectivity index (χ3v) is 4.82. The summed E-state index contributed by atoms with van der Waals surface area (Å²) in [6, 6.07) is 11.6. The quantitative estimate of drug-likeness (QED) is 0.728. The van der Waals surface area contributed by atoms with E-state index >= 15 is 0 Å². The maximum absolute atomic E-state index is 12.7. The second-order valence-corrected chi connectivity index (χ2v) is 6.56. The van der Waals surface area contributed by atoms with Crippen molar-refractivity contribution in [3.05, 3.63) is 53.6 Å². The number of aliphatic hydroxyl groups excluding tert-OH is 1. The zero-order valence-electron chi connectivity index (χ0n) is 15.8. The first-order valence-electron chi connectivity index (χ1n) is 8.94. The Balaban J connectivity index is 1.81. The van der Waals surface area contributed by atoms with Gasteiger partial charge in [0.2, 0.25) is 5.91 Å². The lowest BCUT2D eigenvalue weighted by Crippen LogP contribution is -2.52. The number of Topliss-reactive ketones (excluding diaryl/α,β-unsaturated/α-hetero) is 1. The number of likely N-dealkylation sites (N-methyl/N-ethyl adjacent to an activating group) is 2.